The largest absolute Gasteiger partial charge is 0.345 e. The maximum atomic E-state index is 13.2. The minimum absolute atomic E-state index is 0.00465. The number of amides is 1. The average Bonchev–Trinajstić information content (AvgIpc) is 2.38. The summed E-state index contributed by atoms with van der Waals surface area (Å²) in [7, 11) is 1.75. The van der Waals surface area contributed by atoms with Crippen LogP contribution in [0.1, 0.15) is 19.4 Å². The van der Waals surface area contributed by atoms with Crippen molar-refractivity contribution in [1.82, 2.24) is 10.2 Å². The van der Waals surface area contributed by atoms with Gasteiger partial charge in [-0.2, -0.15) is 0 Å². The van der Waals surface area contributed by atoms with Crippen LogP contribution in [0.5, 0.6) is 0 Å². The lowest BCUT2D eigenvalue weighted by molar-refractivity contribution is -0.131. The van der Waals surface area contributed by atoms with Gasteiger partial charge in [0.2, 0.25) is 5.91 Å². The Morgan fingerprint density at radius 3 is 2.83 bits per heavy atom. The Morgan fingerprint density at radius 1 is 1.56 bits per heavy atom. The average molecular weight is 273 g/mol. The third kappa shape index (κ3) is 3.68. The summed E-state index contributed by atoms with van der Waals surface area (Å²) in [6, 6.07) is 4.32. The topological polar surface area (TPSA) is 32.3 Å². The molecule has 0 saturated heterocycles. The Morgan fingerprint density at radius 2 is 2.22 bits per heavy atom. The first-order valence-electron chi connectivity index (χ1n) is 5.88. The number of hydrogen-bond donors (Lipinski definition) is 1. The van der Waals surface area contributed by atoms with Gasteiger partial charge in [-0.15, -0.1) is 0 Å². The number of halogens is 2. The van der Waals surface area contributed by atoms with E-state index in [2.05, 4.69) is 5.32 Å². The second-order valence-corrected chi connectivity index (χ2v) is 4.55. The SMILES string of the molecule is CCN(C)C(=O)C(C)NCc1cccc(F)c1Cl. The van der Waals surface area contributed by atoms with Crippen molar-refractivity contribution in [1.29, 1.82) is 0 Å². The van der Waals surface area contributed by atoms with E-state index in [0.29, 0.717) is 18.7 Å². The molecule has 0 bridgehead atoms. The fraction of sp³-hybridized carbons (Fsp3) is 0.462. The minimum atomic E-state index is -0.444. The third-order valence-electron chi connectivity index (χ3n) is 2.85. The number of hydrogen-bond acceptors (Lipinski definition) is 2. The van der Waals surface area contributed by atoms with E-state index >= 15 is 0 Å². The van der Waals surface area contributed by atoms with E-state index in [1.165, 1.54) is 6.07 Å². The van der Waals surface area contributed by atoms with Gasteiger partial charge in [0.25, 0.3) is 0 Å². The summed E-state index contributed by atoms with van der Waals surface area (Å²) in [5.74, 6) is -0.439. The van der Waals surface area contributed by atoms with Crippen molar-refractivity contribution in [3.05, 3.63) is 34.6 Å². The number of rotatable bonds is 5. The van der Waals surface area contributed by atoms with E-state index in [1.54, 1.807) is 31.0 Å². The van der Waals surface area contributed by atoms with Crippen molar-refractivity contribution < 1.29 is 9.18 Å². The smallest absolute Gasteiger partial charge is 0.239 e. The van der Waals surface area contributed by atoms with E-state index in [1.807, 2.05) is 6.92 Å². The molecule has 1 aromatic rings. The monoisotopic (exact) mass is 272 g/mol. The predicted molar refractivity (Wildman–Crippen MR) is 71.0 cm³/mol. The molecule has 1 aromatic carbocycles. The highest BCUT2D eigenvalue weighted by Gasteiger charge is 2.16. The minimum Gasteiger partial charge on any atom is -0.345 e. The Bertz CT molecular complexity index is 425. The van der Waals surface area contributed by atoms with Crippen LogP contribution in [0.4, 0.5) is 4.39 Å². The first kappa shape index (κ1) is 14.9. The number of nitrogens with one attached hydrogen (secondary N) is 1. The van der Waals surface area contributed by atoms with Crippen molar-refractivity contribution >= 4 is 17.5 Å². The molecule has 0 aromatic heterocycles. The lowest BCUT2D eigenvalue weighted by Gasteiger charge is -2.20. The number of likely N-dealkylation sites (N-methyl/N-ethyl adjacent to an activating group) is 1. The predicted octanol–water partition coefficient (Wildman–Crippen LogP) is 2.44. The summed E-state index contributed by atoms with van der Waals surface area (Å²) in [5.41, 5.74) is 0.649. The van der Waals surface area contributed by atoms with Crippen LogP contribution in [0, 0.1) is 5.82 Å². The summed E-state index contributed by atoms with van der Waals surface area (Å²) in [4.78, 5) is 13.4. The van der Waals surface area contributed by atoms with Crippen LogP contribution in [-0.4, -0.2) is 30.4 Å². The van der Waals surface area contributed by atoms with E-state index < -0.39 is 5.82 Å². The highest BCUT2D eigenvalue weighted by Crippen LogP contribution is 2.19. The van der Waals surface area contributed by atoms with E-state index in [4.69, 9.17) is 11.6 Å². The molecule has 0 aliphatic heterocycles. The van der Waals surface area contributed by atoms with Gasteiger partial charge in [-0.1, -0.05) is 23.7 Å². The summed E-state index contributed by atoms with van der Waals surface area (Å²) in [5, 5.41) is 3.14. The first-order chi connectivity index (χ1) is 8.47. The van der Waals surface area contributed by atoms with Crippen LogP contribution in [0.25, 0.3) is 0 Å². The summed E-state index contributed by atoms with van der Waals surface area (Å²) in [6.07, 6.45) is 0. The first-order valence-corrected chi connectivity index (χ1v) is 6.26. The fourth-order valence-corrected chi connectivity index (χ4v) is 1.71. The molecule has 0 heterocycles. The number of carbonyl (C=O) groups excluding carboxylic acids is 1. The molecule has 100 valence electrons. The van der Waals surface area contributed by atoms with Crippen LogP contribution in [0.2, 0.25) is 5.02 Å². The molecule has 1 N–H and O–H groups in total. The molecule has 0 fully saturated rings. The lowest BCUT2D eigenvalue weighted by Crippen LogP contribution is -2.42. The maximum absolute atomic E-state index is 13.2. The van der Waals surface area contributed by atoms with Crippen LogP contribution in [-0.2, 0) is 11.3 Å². The van der Waals surface area contributed by atoms with Crippen LogP contribution < -0.4 is 5.32 Å². The summed E-state index contributed by atoms with van der Waals surface area (Å²) in [6.45, 7) is 4.71. The van der Waals surface area contributed by atoms with Gasteiger partial charge in [0.1, 0.15) is 5.82 Å². The molecule has 1 unspecified atom stereocenters. The number of nitrogens with zero attached hydrogens (tertiary/aromatic N) is 1. The van der Waals surface area contributed by atoms with Crippen molar-refractivity contribution in [2.24, 2.45) is 0 Å². The molecule has 0 aliphatic rings. The van der Waals surface area contributed by atoms with E-state index in [-0.39, 0.29) is 17.0 Å². The molecular formula is C13H18ClFN2O. The van der Waals surface area contributed by atoms with Crippen molar-refractivity contribution in [2.45, 2.75) is 26.4 Å². The third-order valence-corrected chi connectivity index (χ3v) is 3.27. The fourth-order valence-electron chi connectivity index (χ4n) is 1.52. The zero-order valence-electron chi connectivity index (χ0n) is 10.8. The quantitative estimate of drug-likeness (QED) is 0.893. The van der Waals surface area contributed by atoms with E-state index in [9.17, 15) is 9.18 Å². The normalized spacial score (nSPS) is 12.3. The maximum Gasteiger partial charge on any atom is 0.239 e. The Kier molecular flexibility index (Phi) is 5.56. The van der Waals surface area contributed by atoms with Crippen molar-refractivity contribution in [3.8, 4) is 0 Å². The molecule has 5 heteroatoms. The molecule has 18 heavy (non-hydrogen) atoms. The van der Waals surface area contributed by atoms with Gasteiger partial charge in [-0.05, 0) is 25.5 Å². The summed E-state index contributed by atoms with van der Waals surface area (Å²) < 4.78 is 13.2. The van der Waals surface area contributed by atoms with Gasteiger partial charge >= 0.3 is 0 Å². The molecule has 0 saturated carbocycles. The van der Waals surface area contributed by atoms with Gasteiger partial charge in [-0.25, -0.2) is 4.39 Å². The Balaban J connectivity index is 2.60. The molecule has 0 aliphatic carbocycles. The molecule has 1 rings (SSSR count). The van der Waals surface area contributed by atoms with Crippen molar-refractivity contribution in [2.75, 3.05) is 13.6 Å². The molecule has 0 radical (unpaired) electrons. The van der Waals surface area contributed by atoms with Crippen LogP contribution in [0.15, 0.2) is 18.2 Å². The standard InChI is InChI=1S/C13H18ClFN2O/c1-4-17(3)13(18)9(2)16-8-10-6-5-7-11(15)12(10)14/h5-7,9,16H,4,8H2,1-3H3. The second-order valence-electron chi connectivity index (χ2n) is 4.17. The second kappa shape index (κ2) is 6.71. The van der Waals surface area contributed by atoms with Crippen molar-refractivity contribution in [3.63, 3.8) is 0 Å². The number of carbonyl (C=O) groups is 1. The van der Waals surface area contributed by atoms with Gasteiger partial charge in [0.05, 0.1) is 11.1 Å². The molecular weight excluding hydrogens is 255 g/mol. The highest BCUT2D eigenvalue weighted by molar-refractivity contribution is 6.31. The highest BCUT2D eigenvalue weighted by atomic mass is 35.5. The molecule has 3 nitrogen and oxygen atoms in total. The molecule has 0 spiro atoms. The molecule has 1 atom stereocenters. The molecule has 1 amide bonds. The van der Waals surface area contributed by atoms with Gasteiger partial charge < -0.3 is 10.2 Å². The zero-order chi connectivity index (χ0) is 13.7. The zero-order valence-corrected chi connectivity index (χ0v) is 11.6. The summed E-state index contributed by atoms with van der Waals surface area (Å²) >= 11 is 5.84. The Labute approximate surface area is 112 Å². The van der Waals surface area contributed by atoms with Gasteiger partial charge in [-0.3, -0.25) is 4.79 Å². The lowest BCUT2D eigenvalue weighted by atomic mass is 10.2. The van der Waals surface area contributed by atoms with Gasteiger partial charge in [0.15, 0.2) is 0 Å². The van der Waals surface area contributed by atoms with E-state index in [0.717, 1.165) is 0 Å². The number of benzene rings is 1. The Hall–Kier alpha value is -1.13. The van der Waals surface area contributed by atoms with Crippen LogP contribution >= 0.6 is 11.6 Å². The van der Waals surface area contributed by atoms with Crippen LogP contribution in [0.3, 0.4) is 0 Å². The van der Waals surface area contributed by atoms with Gasteiger partial charge in [0, 0.05) is 20.1 Å².